The molecule has 0 aliphatic heterocycles. The lowest BCUT2D eigenvalue weighted by atomic mass is 10.0. The molecule has 676 valence electrons. The number of benzene rings is 19. The van der Waals surface area contributed by atoms with Crippen molar-refractivity contribution in [3.8, 4) is 78.6 Å². The van der Waals surface area contributed by atoms with Crippen molar-refractivity contribution in [2.45, 2.75) is 67.0 Å². The van der Waals surface area contributed by atoms with Gasteiger partial charge in [0.25, 0.3) is 0 Å². The second-order valence-electron chi connectivity index (χ2n) is 36.5. The first-order chi connectivity index (χ1) is 67.2. The maximum Gasteiger partial charge on any atom is 0.418 e. The third-order valence-electron chi connectivity index (χ3n) is 27.6. The fourth-order valence-corrected chi connectivity index (χ4v) is 21.2. The van der Waals surface area contributed by atoms with Gasteiger partial charge in [0.15, 0.2) is 0 Å². The van der Waals surface area contributed by atoms with Crippen molar-refractivity contribution < 1.29 is 39.5 Å². The smallest absolute Gasteiger partial charge is 0.309 e. The molecule has 0 N–H and O–H groups in total. The monoisotopic (exact) mass is 1830 g/mol. The van der Waals surface area contributed by atoms with Crippen molar-refractivity contribution in [2.24, 2.45) is 0 Å². The van der Waals surface area contributed by atoms with Crippen molar-refractivity contribution in [2.75, 3.05) is 0 Å². The van der Waals surface area contributed by atoms with Gasteiger partial charge >= 0.3 is 18.5 Å². The molecule has 0 fully saturated rings. The first-order valence-electron chi connectivity index (χ1n) is 46.3. The molecule has 6 nitrogen and oxygen atoms in total. The zero-order valence-electron chi connectivity index (χ0n) is 76.7. The highest BCUT2D eigenvalue weighted by atomic mass is 19.4. The fourth-order valence-electron chi connectivity index (χ4n) is 21.2. The zero-order chi connectivity index (χ0) is 95.3. The summed E-state index contributed by atoms with van der Waals surface area (Å²) in [6.07, 6.45) is -13.8. The summed E-state index contributed by atoms with van der Waals surface area (Å²) in [7, 11) is 0. The van der Waals surface area contributed by atoms with E-state index in [0.717, 1.165) is 203 Å². The van der Waals surface area contributed by atoms with Gasteiger partial charge in [-0.3, -0.25) is 0 Å². The molecule has 0 saturated carbocycles. The Morgan fingerprint density at radius 3 is 0.525 bits per heavy atom. The highest BCUT2D eigenvalue weighted by Crippen LogP contribution is 2.50. The van der Waals surface area contributed by atoms with E-state index in [9.17, 15) is 13.2 Å². The predicted molar refractivity (Wildman–Crippen MR) is 555 cm³/mol. The summed E-state index contributed by atoms with van der Waals surface area (Å²) in [6.45, 7) is 13.8. The Kier molecular flexibility index (Phi) is 20.8. The van der Waals surface area contributed by atoms with E-state index in [4.69, 9.17) is 0 Å². The van der Waals surface area contributed by atoms with Crippen LogP contribution in [0.5, 0.6) is 0 Å². The molecule has 0 unspecified atom stereocenters. The van der Waals surface area contributed by atoms with Crippen LogP contribution in [0.1, 0.15) is 55.6 Å². The molecule has 15 heteroatoms. The van der Waals surface area contributed by atoms with Crippen LogP contribution in [0.4, 0.5) is 39.5 Å². The minimum absolute atomic E-state index is 0.0900. The summed E-state index contributed by atoms with van der Waals surface area (Å²) >= 11 is 0. The normalized spacial score (nSPS) is 12.2. The van der Waals surface area contributed by atoms with Gasteiger partial charge in [-0.15, -0.1) is 0 Å². The summed E-state index contributed by atoms with van der Waals surface area (Å²) < 4.78 is 148. The quantitative estimate of drug-likeness (QED) is 0.122. The first-order valence-corrected chi connectivity index (χ1v) is 46.3. The second kappa shape index (κ2) is 33.4. The van der Waals surface area contributed by atoms with Crippen molar-refractivity contribution >= 4 is 131 Å². The van der Waals surface area contributed by atoms with Gasteiger partial charge in [-0.25, -0.2) is 0 Å². The molecule has 0 bridgehead atoms. The lowest BCUT2D eigenvalue weighted by Gasteiger charge is -2.21. The molecule has 6 aromatic heterocycles. The van der Waals surface area contributed by atoms with Crippen LogP contribution in [0.25, 0.3) is 209 Å². The van der Waals surface area contributed by atoms with Gasteiger partial charge in [-0.1, -0.05) is 265 Å². The number of para-hydroxylation sites is 4. The van der Waals surface area contributed by atoms with Gasteiger partial charge in [-0.2, -0.15) is 39.5 Å². The fraction of sp³-hybridized carbons (Fsp3) is 0.0806. The number of halogens is 9. The van der Waals surface area contributed by atoms with Crippen LogP contribution in [-0.2, 0) is 18.5 Å². The van der Waals surface area contributed by atoms with Gasteiger partial charge < -0.3 is 27.4 Å². The number of aromatic nitrogens is 6. The molecule has 19 aromatic carbocycles. The van der Waals surface area contributed by atoms with Gasteiger partial charge in [0.05, 0.1) is 100.0 Å². The van der Waals surface area contributed by atoms with Crippen molar-refractivity contribution in [1.82, 2.24) is 27.4 Å². The number of fused-ring (bicyclic) bond motifs is 18. The third-order valence-corrected chi connectivity index (χ3v) is 27.6. The number of alkyl halides is 9. The average molecular weight is 1830 g/mol. The van der Waals surface area contributed by atoms with Crippen molar-refractivity contribution in [1.29, 1.82) is 0 Å². The minimum Gasteiger partial charge on any atom is -0.309 e. The molecule has 25 rings (SSSR count). The molecular weight excluding hydrogens is 1740 g/mol. The zero-order valence-corrected chi connectivity index (χ0v) is 76.7. The van der Waals surface area contributed by atoms with Crippen LogP contribution in [0, 0.1) is 48.5 Å². The van der Waals surface area contributed by atoms with Crippen LogP contribution in [0.2, 0.25) is 0 Å². The van der Waals surface area contributed by atoms with Gasteiger partial charge in [0.1, 0.15) is 0 Å². The Morgan fingerprint density at radius 2 is 0.317 bits per heavy atom. The molecule has 0 amide bonds. The molecule has 0 aliphatic rings. The Labute approximate surface area is 794 Å². The molecule has 6 heterocycles. The van der Waals surface area contributed by atoms with Gasteiger partial charge in [0.2, 0.25) is 0 Å². The minimum atomic E-state index is -4.67. The lowest BCUT2D eigenvalue weighted by Crippen LogP contribution is -2.13. The molecule has 139 heavy (non-hydrogen) atoms. The van der Waals surface area contributed by atoms with E-state index in [1.807, 2.05) is 317 Å². The standard InChI is InChI=1S/C56H37F3N2.C36H29F3N2.C32H21F3N2/c1-36-30-55(61-52-28-24-43(39-18-10-4-11-19-39)33-47(52)48-34-44(25-29-53(48)61)40-20-12-5-13-21-40)49(56(57,58)59)35-54(36)60-50-26-22-41(37-14-6-2-7-15-37)31-45(50)46-32-42(23-27-51(46)60)38-16-8-3-9-17-38;1-20-6-10-30-25(14-20)26-15-21(2)7-11-31(26)40(30)34-19-29(36(37,38)39)35(18-24(34)5)41-32-12-8-22(3)16-27(32)28-17-23(4)9-13-33(28)41;1-20-18-31(37-28-16-8-4-12-23(28)24-13-5-9-17-29(24)37)25(32(33,34)35)19-30(20)36-26-14-6-2-10-21(26)22-11-3-7-15-27(22)36/h2-35H,1H3;6-19H,1-5H3;2-19H,1H3. The van der Waals surface area contributed by atoms with Crippen LogP contribution < -0.4 is 0 Å². The molecule has 0 spiro atoms. The lowest BCUT2D eigenvalue weighted by molar-refractivity contribution is -0.138. The Balaban J connectivity index is 0.000000122. The van der Waals surface area contributed by atoms with E-state index in [2.05, 4.69) is 109 Å². The molecule has 0 aliphatic carbocycles. The van der Waals surface area contributed by atoms with Gasteiger partial charge in [-0.05, 0) is 267 Å². The number of aryl methyl sites for hydroxylation is 7. The highest BCUT2D eigenvalue weighted by molar-refractivity contribution is 6.17. The summed E-state index contributed by atoms with van der Waals surface area (Å²) in [6, 6.07) is 129. The largest absolute Gasteiger partial charge is 0.418 e. The summed E-state index contributed by atoms with van der Waals surface area (Å²) in [5.41, 5.74) is 24.4. The van der Waals surface area contributed by atoms with Crippen LogP contribution in [-0.4, -0.2) is 27.4 Å². The molecular formula is C124H87F9N6. The van der Waals surface area contributed by atoms with Gasteiger partial charge in [0, 0.05) is 81.7 Å². The predicted octanol–water partition coefficient (Wildman–Crippen LogP) is 35.5. The van der Waals surface area contributed by atoms with E-state index in [1.165, 1.54) is 18.2 Å². The molecule has 25 aromatic rings. The SMILES string of the molecule is Cc1cc(-n2c3ccc(-c4ccccc4)cc3c3cc(-c4ccccc4)ccc32)c(C(F)(F)F)cc1-n1c2ccc(-c3ccccc3)cc2c2cc(-c3ccccc3)ccc21.Cc1cc(-n2c3ccccc3c3ccccc32)c(C(F)(F)F)cc1-n1c2ccccc2c2ccccc21.Cc1ccc2c(c1)c1cc(C)ccc1n2-c1cc(C(F)(F)F)c(-n2c3ccc(C)cc3c3cc(C)ccc32)cc1C. The number of rotatable bonds is 10. The topological polar surface area (TPSA) is 29.6 Å². The second-order valence-corrected chi connectivity index (χ2v) is 36.5. The number of hydrogen-bond donors (Lipinski definition) is 0. The Bertz CT molecular complexity index is 8860. The van der Waals surface area contributed by atoms with E-state index in [-0.39, 0.29) is 17.1 Å². The van der Waals surface area contributed by atoms with Crippen molar-refractivity contribution in [3.63, 3.8) is 0 Å². The molecule has 0 saturated heterocycles. The number of nitrogens with zero attached hydrogens (tertiary/aromatic N) is 6. The number of hydrogen-bond acceptors (Lipinski definition) is 0. The Hall–Kier alpha value is -16.7. The molecule has 0 atom stereocenters. The van der Waals surface area contributed by atoms with E-state index >= 15 is 26.3 Å². The first kappa shape index (κ1) is 86.5. The maximum absolute atomic E-state index is 15.9. The van der Waals surface area contributed by atoms with Crippen LogP contribution in [0.15, 0.2) is 400 Å². The van der Waals surface area contributed by atoms with E-state index < -0.39 is 35.2 Å². The van der Waals surface area contributed by atoms with E-state index in [1.54, 1.807) is 31.9 Å². The summed E-state index contributed by atoms with van der Waals surface area (Å²) in [5.74, 6) is 0. The average Bonchev–Trinajstić information content (AvgIpc) is 1.58. The third kappa shape index (κ3) is 14.8. The van der Waals surface area contributed by atoms with E-state index in [0.29, 0.717) is 28.1 Å². The maximum atomic E-state index is 15.9. The molecule has 0 radical (unpaired) electrons. The Morgan fingerprint density at radius 1 is 0.144 bits per heavy atom. The van der Waals surface area contributed by atoms with Crippen LogP contribution >= 0.6 is 0 Å². The van der Waals surface area contributed by atoms with Crippen LogP contribution in [0.3, 0.4) is 0 Å². The summed E-state index contributed by atoms with van der Waals surface area (Å²) in [5, 5.41) is 11.6. The highest BCUT2D eigenvalue weighted by Gasteiger charge is 2.40. The summed E-state index contributed by atoms with van der Waals surface area (Å²) in [4.78, 5) is 0. The van der Waals surface area contributed by atoms with Crippen molar-refractivity contribution in [3.05, 3.63) is 456 Å².